The maximum atomic E-state index is 14.2. The summed E-state index contributed by atoms with van der Waals surface area (Å²) in [6.45, 7) is 1.72. The predicted molar refractivity (Wildman–Crippen MR) is 186 cm³/mol. The molecule has 5 aromatic rings. The van der Waals surface area contributed by atoms with Crippen LogP contribution in [0.2, 0.25) is 0 Å². The largest absolute Gasteiger partial charge is 0.496 e. The van der Waals surface area contributed by atoms with Crippen LogP contribution in [-0.2, 0) is 9.59 Å². The van der Waals surface area contributed by atoms with Gasteiger partial charge in [-0.1, -0.05) is 46.3 Å². The summed E-state index contributed by atoms with van der Waals surface area (Å²) in [6, 6.07) is 30.7. The van der Waals surface area contributed by atoms with Gasteiger partial charge >= 0.3 is 0 Å². The van der Waals surface area contributed by atoms with Crippen LogP contribution in [0.25, 0.3) is 17.4 Å². The van der Waals surface area contributed by atoms with Crippen molar-refractivity contribution in [3.8, 4) is 17.1 Å². The first-order chi connectivity index (χ1) is 22.7. The zero-order valence-electron chi connectivity index (χ0n) is 25.3. The Balaban J connectivity index is 1.30. The Kier molecular flexibility index (Phi) is 10.9. The third kappa shape index (κ3) is 8.78. The average molecular weight is 715 g/mol. The molecule has 47 heavy (non-hydrogen) atoms. The molecule has 11 heteroatoms. The van der Waals surface area contributed by atoms with Crippen molar-refractivity contribution < 1.29 is 27.9 Å². The molecule has 0 saturated heterocycles. The minimum absolute atomic E-state index is 0.0382. The summed E-state index contributed by atoms with van der Waals surface area (Å²) in [5, 5.41) is 7.57. The third-order valence-corrected chi connectivity index (χ3v) is 8.40. The Morgan fingerprint density at radius 3 is 2.34 bits per heavy atom. The number of amides is 3. The molecule has 0 spiro atoms. The van der Waals surface area contributed by atoms with Crippen molar-refractivity contribution in [1.82, 2.24) is 5.32 Å². The van der Waals surface area contributed by atoms with Crippen molar-refractivity contribution in [1.29, 1.82) is 0 Å². The molecule has 0 aliphatic heterocycles. The van der Waals surface area contributed by atoms with E-state index in [1.807, 2.05) is 24.3 Å². The number of hydrogen-bond acceptors (Lipinski definition) is 6. The fraction of sp³-hybridized carbons (Fsp3) is 0.0833. The molecule has 0 saturated carbocycles. The number of anilines is 2. The lowest BCUT2D eigenvalue weighted by Crippen LogP contribution is -2.30. The number of furan rings is 1. The number of hydrogen-bond donors (Lipinski definition) is 3. The van der Waals surface area contributed by atoms with Crippen LogP contribution in [-0.4, -0.2) is 30.1 Å². The quantitative estimate of drug-likeness (QED) is 0.0937. The fourth-order valence-electron chi connectivity index (χ4n) is 4.41. The van der Waals surface area contributed by atoms with Gasteiger partial charge in [-0.15, -0.1) is 11.8 Å². The molecule has 8 nitrogen and oxygen atoms in total. The number of benzene rings is 4. The summed E-state index contributed by atoms with van der Waals surface area (Å²) < 4.78 is 26.2. The lowest BCUT2D eigenvalue weighted by molar-refractivity contribution is -0.115. The first-order valence-electron chi connectivity index (χ1n) is 14.4. The minimum atomic E-state index is -0.575. The van der Waals surface area contributed by atoms with E-state index < -0.39 is 22.9 Å². The third-order valence-electron chi connectivity index (χ3n) is 6.80. The van der Waals surface area contributed by atoms with Gasteiger partial charge in [0.25, 0.3) is 11.8 Å². The van der Waals surface area contributed by atoms with E-state index in [0.29, 0.717) is 33.0 Å². The highest BCUT2D eigenvalue weighted by atomic mass is 79.9. The Bertz CT molecular complexity index is 1930. The summed E-state index contributed by atoms with van der Waals surface area (Å²) in [7, 11) is 1.57. The monoisotopic (exact) mass is 713 g/mol. The van der Waals surface area contributed by atoms with Crippen molar-refractivity contribution in [2.75, 3.05) is 17.7 Å². The van der Waals surface area contributed by atoms with Crippen LogP contribution >= 0.6 is 27.7 Å². The zero-order valence-corrected chi connectivity index (χ0v) is 27.7. The van der Waals surface area contributed by atoms with E-state index >= 15 is 0 Å². The smallest absolute Gasteiger partial charge is 0.272 e. The molecule has 3 amide bonds. The number of carbonyl (C=O) groups is 3. The Morgan fingerprint density at radius 1 is 0.894 bits per heavy atom. The van der Waals surface area contributed by atoms with Crippen molar-refractivity contribution in [2.45, 2.75) is 17.1 Å². The topological polar surface area (TPSA) is 110 Å². The van der Waals surface area contributed by atoms with Crippen LogP contribution in [0.15, 0.2) is 129 Å². The van der Waals surface area contributed by atoms with Crippen LogP contribution in [0.4, 0.5) is 15.8 Å². The van der Waals surface area contributed by atoms with Gasteiger partial charge in [-0.2, -0.15) is 0 Å². The fourth-order valence-corrected chi connectivity index (χ4v) is 5.61. The molecule has 1 heterocycles. The molecule has 0 unspecified atom stereocenters. The SMILES string of the molecule is COc1ccccc1-c1ccc(/C=C(/NC(=O)c2ccccc2)C(=O)Nc2ccc(S[C@@H](C)C(=O)Nc3ccc(Br)cc3F)cc2)o1. The second kappa shape index (κ2) is 15.4. The molecular formula is C36H29BrFN3O5S. The molecule has 0 radical (unpaired) electrons. The van der Waals surface area contributed by atoms with Gasteiger partial charge in [0.1, 0.15) is 28.8 Å². The number of para-hydroxylation sites is 1. The molecule has 3 N–H and O–H groups in total. The van der Waals surface area contributed by atoms with Crippen LogP contribution in [0, 0.1) is 5.82 Å². The van der Waals surface area contributed by atoms with E-state index in [1.54, 1.807) is 86.8 Å². The molecule has 0 fully saturated rings. The minimum Gasteiger partial charge on any atom is -0.496 e. The Hall–Kier alpha value is -5.13. The van der Waals surface area contributed by atoms with Gasteiger partial charge in [-0.25, -0.2) is 4.39 Å². The first-order valence-corrected chi connectivity index (χ1v) is 16.0. The zero-order chi connectivity index (χ0) is 33.3. The number of ether oxygens (including phenoxy) is 1. The van der Waals surface area contributed by atoms with E-state index in [-0.39, 0.29) is 17.3 Å². The summed E-state index contributed by atoms with van der Waals surface area (Å²) in [4.78, 5) is 39.9. The molecule has 0 aliphatic rings. The lowest BCUT2D eigenvalue weighted by atomic mass is 10.1. The van der Waals surface area contributed by atoms with Gasteiger partial charge in [0.15, 0.2) is 0 Å². The Morgan fingerprint density at radius 2 is 1.62 bits per heavy atom. The van der Waals surface area contributed by atoms with Gasteiger partial charge in [0.2, 0.25) is 5.91 Å². The second-order valence-electron chi connectivity index (χ2n) is 10.1. The predicted octanol–water partition coefficient (Wildman–Crippen LogP) is 8.39. The highest BCUT2D eigenvalue weighted by Crippen LogP contribution is 2.32. The highest BCUT2D eigenvalue weighted by molar-refractivity contribution is 9.10. The van der Waals surface area contributed by atoms with Gasteiger partial charge in [-0.05, 0) is 85.8 Å². The maximum Gasteiger partial charge on any atom is 0.272 e. The number of methoxy groups -OCH3 is 1. The van der Waals surface area contributed by atoms with Crippen molar-refractivity contribution in [3.05, 3.63) is 137 Å². The van der Waals surface area contributed by atoms with Crippen LogP contribution in [0.1, 0.15) is 23.0 Å². The average Bonchev–Trinajstić information content (AvgIpc) is 3.55. The van der Waals surface area contributed by atoms with Gasteiger partial charge < -0.3 is 25.1 Å². The normalized spacial score (nSPS) is 11.8. The van der Waals surface area contributed by atoms with Crippen LogP contribution in [0.5, 0.6) is 5.75 Å². The molecule has 5 rings (SSSR count). The van der Waals surface area contributed by atoms with Crippen molar-refractivity contribution in [2.24, 2.45) is 0 Å². The highest BCUT2D eigenvalue weighted by Gasteiger charge is 2.19. The molecular weight excluding hydrogens is 685 g/mol. The number of halogens is 2. The van der Waals surface area contributed by atoms with E-state index in [9.17, 15) is 18.8 Å². The standard InChI is InChI=1S/C36H29BrFN3O5S/c1-22(34(42)40-30-18-12-24(37)20-29(30)38)47-27-16-13-25(14-17-27)39-36(44)31(41-35(43)23-8-4-3-5-9-23)21-26-15-19-33(46-26)28-10-6-7-11-32(28)45-2/h3-22H,1-2H3,(H,39,44)(H,40,42)(H,41,43)/b31-21+/t22-/m0/s1. The number of carbonyl (C=O) groups excluding carboxylic acids is 3. The van der Waals surface area contributed by atoms with E-state index in [0.717, 1.165) is 10.5 Å². The van der Waals surface area contributed by atoms with E-state index in [1.165, 1.54) is 30.0 Å². The molecule has 0 bridgehead atoms. The van der Waals surface area contributed by atoms with E-state index in [2.05, 4.69) is 31.9 Å². The lowest BCUT2D eigenvalue weighted by Gasteiger charge is -2.14. The van der Waals surface area contributed by atoms with Gasteiger partial charge in [0.05, 0.1) is 23.6 Å². The van der Waals surface area contributed by atoms with Crippen LogP contribution in [0.3, 0.4) is 0 Å². The van der Waals surface area contributed by atoms with Gasteiger partial charge in [-0.3, -0.25) is 14.4 Å². The summed E-state index contributed by atoms with van der Waals surface area (Å²) in [5.41, 5.74) is 1.63. The summed E-state index contributed by atoms with van der Waals surface area (Å²) in [5.74, 6) is -0.443. The van der Waals surface area contributed by atoms with E-state index in [4.69, 9.17) is 9.15 Å². The summed E-state index contributed by atoms with van der Waals surface area (Å²) >= 11 is 4.48. The second-order valence-corrected chi connectivity index (χ2v) is 12.5. The number of nitrogens with one attached hydrogen (secondary N) is 3. The van der Waals surface area contributed by atoms with Crippen molar-refractivity contribution >= 4 is 62.9 Å². The Labute approximate surface area is 283 Å². The summed E-state index contributed by atoms with van der Waals surface area (Å²) in [6.07, 6.45) is 1.45. The van der Waals surface area contributed by atoms with Crippen LogP contribution < -0.4 is 20.7 Å². The number of rotatable bonds is 11. The van der Waals surface area contributed by atoms with Crippen molar-refractivity contribution in [3.63, 3.8) is 0 Å². The first kappa shape index (κ1) is 33.2. The molecule has 4 aromatic carbocycles. The maximum absolute atomic E-state index is 14.2. The number of thioether (sulfide) groups is 1. The molecule has 1 aromatic heterocycles. The molecule has 0 aliphatic carbocycles. The molecule has 1 atom stereocenters. The molecule has 238 valence electrons. The van der Waals surface area contributed by atoms with Gasteiger partial charge in [0, 0.05) is 26.7 Å².